The molecule has 0 aliphatic carbocycles. The summed E-state index contributed by atoms with van der Waals surface area (Å²) in [6, 6.07) is 5.57. The van der Waals surface area contributed by atoms with E-state index in [9.17, 15) is 4.39 Å². The van der Waals surface area contributed by atoms with Gasteiger partial charge in [-0.2, -0.15) is 0 Å². The molecule has 0 bridgehead atoms. The standard InChI is InChI=1S/C18H28BrFN4O/c1-21-18(22-13-14-4-5-16(19)17(20)12-14)23-15-6-9-24(10-7-15)8-3-11-25-2/h4-5,12,15H,3,6-11,13H2,1-2H3,(H2,21,22,23). The Labute approximate surface area is 158 Å². The molecule has 1 aromatic carbocycles. The van der Waals surface area contributed by atoms with Gasteiger partial charge in [0.2, 0.25) is 0 Å². The summed E-state index contributed by atoms with van der Waals surface area (Å²) in [5, 5.41) is 6.73. The summed E-state index contributed by atoms with van der Waals surface area (Å²) in [4.78, 5) is 6.76. The third-order valence-electron chi connectivity index (χ3n) is 4.42. The highest BCUT2D eigenvalue weighted by Crippen LogP contribution is 2.16. The van der Waals surface area contributed by atoms with E-state index in [1.165, 1.54) is 6.07 Å². The van der Waals surface area contributed by atoms with Crippen molar-refractivity contribution in [1.29, 1.82) is 0 Å². The van der Waals surface area contributed by atoms with E-state index in [-0.39, 0.29) is 5.82 Å². The third kappa shape index (κ3) is 6.92. The fraction of sp³-hybridized carbons (Fsp3) is 0.611. The van der Waals surface area contributed by atoms with Gasteiger partial charge in [-0.25, -0.2) is 4.39 Å². The largest absolute Gasteiger partial charge is 0.385 e. The van der Waals surface area contributed by atoms with E-state index >= 15 is 0 Å². The van der Waals surface area contributed by atoms with Crippen LogP contribution in [0.2, 0.25) is 0 Å². The zero-order chi connectivity index (χ0) is 18.1. The second-order valence-electron chi connectivity index (χ2n) is 6.28. The van der Waals surface area contributed by atoms with Gasteiger partial charge in [0.05, 0.1) is 4.47 Å². The number of likely N-dealkylation sites (tertiary alicyclic amines) is 1. The minimum atomic E-state index is -0.247. The molecule has 0 spiro atoms. The van der Waals surface area contributed by atoms with Gasteiger partial charge in [0.15, 0.2) is 5.96 Å². The van der Waals surface area contributed by atoms with Crippen molar-refractivity contribution in [2.75, 3.05) is 40.4 Å². The van der Waals surface area contributed by atoms with Crippen LogP contribution in [0.1, 0.15) is 24.8 Å². The van der Waals surface area contributed by atoms with E-state index in [2.05, 4.69) is 36.5 Å². The van der Waals surface area contributed by atoms with E-state index in [0.29, 0.717) is 17.1 Å². The van der Waals surface area contributed by atoms with Gasteiger partial charge < -0.3 is 20.3 Å². The molecule has 0 amide bonds. The lowest BCUT2D eigenvalue weighted by Crippen LogP contribution is -2.48. The molecular weight excluding hydrogens is 387 g/mol. The van der Waals surface area contributed by atoms with Crippen LogP contribution in [0.3, 0.4) is 0 Å². The Balaban J connectivity index is 1.72. The average Bonchev–Trinajstić information content (AvgIpc) is 2.63. The van der Waals surface area contributed by atoms with Gasteiger partial charge in [0, 0.05) is 53.0 Å². The number of rotatable bonds is 7. The molecule has 2 N–H and O–H groups in total. The van der Waals surface area contributed by atoms with Crippen LogP contribution >= 0.6 is 15.9 Å². The summed E-state index contributed by atoms with van der Waals surface area (Å²) in [6.07, 6.45) is 3.28. The Morgan fingerprint density at radius 2 is 2.16 bits per heavy atom. The lowest BCUT2D eigenvalue weighted by atomic mass is 10.1. The molecule has 1 fully saturated rings. The molecule has 1 aliphatic heterocycles. The van der Waals surface area contributed by atoms with Crippen LogP contribution in [-0.4, -0.2) is 57.3 Å². The fourth-order valence-electron chi connectivity index (χ4n) is 2.96. The fourth-order valence-corrected chi connectivity index (χ4v) is 3.20. The maximum atomic E-state index is 13.6. The first-order valence-corrected chi connectivity index (χ1v) is 9.54. The number of halogens is 2. The van der Waals surface area contributed by atoms with Crippen LogP contribution in [0.25, 0.3) is 0 Å². The molecule has 1 heterocycles. The molecule has 140 valence electrons. The number of hydrogen-bond donors (Lipinski definition) is 2. The van der Waals surface area contributed by atoms with Crippen molar-refractivity contribution in [2.24, 2.45) is 4.99 Å². The zero-order valence-corrected chi connectivity index (χ0v) is 16.6. The summed E-state index contributed by atoms with van der Waals surface area (Å²) in [6.45, 7) is 4.65. The highest BCUT2D eigenvalue weighted by molar-refractivity contribution is 9.10. The number of nitrogens with one attached hydrogen (secondary N) is 2. The van der Waals surface area contributed by atoms with Gasteiger partial charge in [-0.1, -0.05) is 6.07 Å². The average molecular weight is 415 g/mol. The second-order valence-corrected chi connectivity index (χ2v) is 7.14. The third-order valence-corrected chi connectivity index (χ3v) is 5.06. The van der Waals surface area contributed by atoms with Gasteiger partial charge >= 0.3 is 0 Å². The highest BCUT2D eigenvalue weighted by Gasteiger charge is 2.19. The molecule has 1 aliphatic rings. The lowest BCUT2D eigenvalue weighted by molar-refractivity contribution is 0.155. The summed E-state index contributed by atoms with van der Waals surface area (Å²) >= 11 is 3.17. The van der Waals surface area contributed by atoms with E-state index in [4.69, 9.17) is 4.74 Å². The zero-order valence-electron chi connectivity index (χ0n) is 15.0. The topological polar surface area (TPSA) is 48.9 Å². The normalized spacial score (nSPS) is 16.9. The Kier molecular flexibility index (Phi) is 8.64. The first-order chi connectivity index (χ1) is 12.1. The number of nitrogens with zero attached hydrogens (tertiary/aromatic N) is 2. The molecule has 0 aromatic heterocycles. The Morgan fingerprint density at radius 1 is 1.40 bits per heavy atom. The highest BCUT2D eigenvalue weighted by atomic mass is 79.9. The summed E-state index contributed by atoms with van der Waals surface area (Å²) in [5.74, 6) is 0.518. The molecule has 25 heavy (non-hydrogen) atoms. The SMILES string of the molecule is CN=C(NCc1ccc(Br)c(F)c1)NC1CCN(CCCOC)CC1. The van der Waals surface area contributed by atoms with Crippen molar-refractivity contribution in [1.82, 2.24) is 15.5 Å². The smallest absolute Gasteiger partial charge is 0.191 e. The lowest BCUT2D eigenvalue weighted by Gasteiger charge is -2.33. The van der Waals surface area contributed by atoms with Crippen LogP contribution in [0.15, 0.2) is 27.7 Å². The van der Waals surface area contributed by atoms with E-state index in [0.717, 1.165) is 57.0 Å². The van der Waals surface area contributed by atoms with Crippen LogP contribution in [0.5, 0.6) is 0 Å². The van der Waals surface area contributed by atoms with Crippen molar-refractivity contribution in [3.05, 3.63) is 34.1 Å². The second kappa shape index (κ2) is 10.7. The molecule has 7 heteroatoms. The van der Waals surface area contributed by atoms with Gasteiger partial charge in [-0.3, -0.25) is 4.99 Å². The predicted octanol–water partition coefficient (Wildman–Crippen LogP) is 2.75. The Hall–Kier alpha value is -1.18. The molecule has 1 aromatic rings. The first kappa shape index (κ1) is 20.1. The van der Waals surface area contributed by atoms with E-state index in [1.807, 2.05) is 6.07 Å². The minimum absolute atomic E-state index is 0.247. The number of hydrogen-bond acceptors (Lipinski definition) is 3. The van der Waals surface area contributed by atoms with Gasteiger partial charge in [-0.05, 0) is 52.9 Å². The first-order valence-electron chi connectivity index (χ1n) is 8.74. The number of aliphatic imine (C=N–C) groups is 1. The van der Waals surface area contributed by atoms with Crippen molar-refractivity contribution < 1.29 is 9.13 Å². The van der Waals surface area contributed by atoms with Gasteiger partial charge in [0.25, 0.3) is 0 Å². The van der Waals surface area contributed by atoms with Crippen molar-refractivity contribution >= 4 is 21.9 Å². The monoisotopic (exact) mass is 414 g/mol. The maximum absolute atomic E-state index is 13.6. The van der Waals surface area contributed by atoms with E-state index < -0.39 is 0 Å². The molecule has 0 unspecified atom stereocenters. The number of guanidine groups is 1. The van der Waals surface area contributed by atoms with Crippen LogP contribution in [0, 0.1) is 5.82 Å². The van der Waals surface area contributed by atoms with Crippen molar-refractivity contribution in [3.8, 4) is 0 Å². The Morgan fingerprint density at radius 3 is 2.80 bits per heavy atom. The predicted molar refractivity (Wildman–Crippen MR) is 103 cm³/mol. The summed E-state index contributed by atoms with van der Waals surface area (Å²) in [5.41, 5.74) is 0.886. The molecule has 5 nitrogen and oxygen atoms in total. The number of benzene rings is 1. The van der Waals surface area contributed by atoms with Crippen LogP contribution in [-0.2, 0) is 11.3 Å². The molecule has 0 radical (unpaired) electrons. The Bertz CT molecular complexity index is 562. The molecular formula is C18H28BrFN4O. The van der Waals surface area contributed by atoms with Gasteiger partial charge in [-0.15, -0.1) is 0 Å². The van der Waals surface area contributed by atoms with Crippen molar-refractivity contribution in [3.63, 3.8) is 0 Å². The molecule has 0 saturated carbocycles. The van der Waals surface area contributed by atoms with Gasteiger partial charge in [0.1, 0.15) is 5.82 Å². The van der Waals surface area contributed by atoms with Crippen LogP contribution < -0.4 is 10.6 Å². The quantitative estimate of drug-likeness (QED) is 0.409. The molecule has 2 rings (SSSR count). The summed E-state index contributed by atoms with van der Waals surface area (Å²) in [7, 11) is 3.51. The number of ether oxygens (including phenoxy) is 1. The minimum Gasteiger partial charge on any atom is -0.385 e. The van der Waals surface area contributed by atoms with E-state index in [1.54, 1.807) is 20.2 Å². The summed E-state index contributed by atoms with van der Waals surface area (Å²) < 4.78 is 19.2. The van der Waals surface area contributed by atoms with Crippen LogP contribution in [0.4, 0.5) is 4.39 Å². The number of piperidine rings is 1. The van der Waals surface area contributed by atoms with Crippen molar-refractivity contribution in [2.45, 2.75) is 31.8 Å². The maximum Gasteiger partial charge on any atom is 0.191 e. The molecule has 1 saturated heterocycles. The number of methoxy groups -OCH3 is 1. The molecule has 0 atom stereocenters.